The van der Waals surface area contributed by atoms with Gasteiger partial charge in [0, 0.05) is 20.1 Å². The van der Waals surface area contributed by atoms with Crippen LogP contribution in [0.5, 0.6) is 0 Å². The van der Waals surface area contributed by atoms with E-state index in [2.05, 4.69) is 25.2 Å². The van der Waals surface area contributed by atoms with Crippen LogP contribution in [0.15, 0.2) is 12.7 Å². The van der Waals surface area contributed by atoms with E-state index in [0.29, 0.717) is 18.9 Å². The van der Waals surface area contributed by atoms with Gasteiger partial charge in [-0.2, -0.15) is 0 Å². The number of morpholine rings is 1. The lowest BCUT2D eigenvalue weighted by Gasteiger charge is -2.27. The van der Waals surface area contributed by atoms with Crippen molar-refractivity contribution in [2.75, 3.05) is 38.3 Å². The summed E-state index contributed by atoms with van der Waals surface area (Å²) in [6, 6.07) is 0. The van der Waals surface area contributed by atoms with Crippen LogP contribution in [-0.4, -0.2) is 58.8 Å². The zero-order valence-electron chi connectivity index (χ0n) is 11.2. The standard InChI is InChI=1S/C12H16N6O2/c1-13-9(19)6-18-8-16-10-11(14-7-15-12(10)18)17-2-4-20-5-3-17/h7-8H,2-6H2,1H3,(H,13,19). The van der Waals surface area contributed by atoms with Crippen LogP contribution in [0.1, 0.15) is 0 Å². The van der Waals surface area contributed by atoms with Crippen LogP contribution in [0.4, 0.5) is 5.82 Å². The Morgan fingerprint density at radius 2 is 2.15 bits per heavy atom. The Morgan fingerprint density at radius 3 is 2.90 bits per heavy atom. The zero-order chi connectivity index (χ0) is 13.9. The molecule has 1 saturated heterocycles. The Kier molecular flexibility index (Phi) is 3.46. The van der Waals surface area contributed by atoms with Gasteiger partial charge >= 0.3 is 0 Å². The molecule has 3 heterocycles. The Balaban J connectivity index is 1.96. The van der Waals surface area contributed by atoms with Crippen LogP contribution < -0.4 is 10.2 Å². The number of imidazole rings is 1. The molecule has 3 rings (SSSR count). The molecule has 0 aromatic carbocycles. The van der Waals surface area contributed by atoms with Gasteiger partial charge in [0.2, 0.25) is 5.91 Å². The number of nitrogens with zero attached hydrogens (tertiary/aromatic N) is 5. The lowest BCUT2D eigenvalue weighted by molar-refractivity contribution is -0.121. The third-order valence-corrected chi connectivity index (χ3v) is 3.29. The molecule has 1 fully saturated rings. The highest BCUT2D eigenvalue weighted by Crippen LogP contribution is 2.21. The van der Waals surface area contributed by atoms with Gasteiger partial charge in [0.1, 0.15) is 12.9 Å². The van der Waals surface area contributed by atoms with Crippen LogP contribution >= 0.6 is 0 Å². The van der Waals surface area contributed by atoms with Crippen molar-refractivity contribution in [1.82, 2.24) is 24.8 Å². The minimum absolute atomic E-state index is 0.0872. The van der Waals surface area contributed by atoms with Gasteiger partial charge in [-0.1, -0.05) is 0 Å². The van der Waals surface area contributed by atoms with Crippen molar-refractivity contribution in [3.63, 3.8) is 0 Å². The molecule has 20 heavy (non-hydrogen) atoms. The van der Waals surface area contributed by atoms with E-state index in [9.17, 15) is 4.79 Å². The Hall–Kier alpha value is -2.22. The average Bonchev–Trinajstić information content (AvgIpc) is 2.91. The van der Waals surface area contributed by atoms with Crippen LogP contribution in [0, 0.1) is 0 Å². The molecule has 0 saturated carbocycles. The molecule has 0 radical (unpaired) electrons. The molecule has 0 bridgehead atoms. The molecule has 0 unspecified atom stereocenters. The van der Waals surface area contributed by atoms with Gasteiger partial charge in [-0.25, -0.2) is 15.0 Å². The molecule has 8 heteroatoms. The lowest BCUT2D eigenvalue weighted by atomic mass is 10.3. The van der Waals surface area contributed by atoms with E-state index in [1.165, 1.54) is 6.33 Å². The summed E-state index contributed by atoms with van der Waals surface area (Å²) < 4.78 is 7.06. The number of likely N-dealkylation sites (N-methyl/N-ethyl adjacent to an activating group) is 1. The number of amides is 1. The maximum absolute atomic E-state index is 11.5. The molecular formula is C12H16N6O2. The van der Waals surface area contributed by atoms with Crippen molar-refractivity contribution in [2.24, 2.45) is 0 Å². The first kappa shape index (κ1) is 12.8. The fraction of sp³-hybridized carbons (Fsp3) is 0.500. The molecule has 1 N–H and O–H groups in total. The summed E-state index contributed by atoms with van der Waals surface area (Å²) in [5.41, 5.74) is 1.39. The van der Waals surface area contributed by atoms with Crippen LogP contribution in [-0.2, 0) is 16.1 Å². The Bertz CT molecular complexity index is 619. The van der Waals surface area contributed by atoms with Crippen molar-refractivity contribution in [2.45, 2.75) is 6.54 Å². The van der Waals surface area contributed by atoms with Crippen LogP contribution in [0.25, 0.3) is 11.2 Å². The molecule has 1 aliphatic heterocycles. The summed E-state index contributed by atoms with van der Waals surface area (Å²) in [5.74, 6) is 0.713. The predicted molar refractivity (Wildman–Crippen MR) is 72.4 cm³/mol. The molecule has 0 spiro atoms. The summed E-state index contributed by atoms with van der Waals surface area (Å²) in [4.78, 5) is 26.5. The van der Waals surface area contributed by atoms with Gasteiger partial charge in [0.15, 0.2) is 17.0 Å². The summed E-state index contributed by atoms with van der Waals surface area (Å²) in [7, 11) is 1.61. The minimum atomic E-state index is -0.0872. The average molecular weight is 276 g/mol. The number of hydrogen-bond donors (Lipinski definition) is 1. The Labute approximate surface area is 115 Å². The highest BCUT2D eigenvalue weighted by Gasteiger charge is 2.18. The van der Waals surface area contributed by atoms with Gasteiger partial charge in [0.05, 0.1) is 19.5 Å². The predicted octanol–water partition coefficient (Wildman–Crippen LogP) is -0.591. The first-order valence-corrected chi connectivity index (χ1v) is 6.48. The van der Waals surface area contributed by atoms with E-state index in [0.717, 1.165) is 24.4 Å². The fourth-order valence-corrected chi connectivity index (χ4v) is 2.22. The Morgan fingerprint density at radius 1 is 1.35 bits per heavy atom. The number of aromatic nitrogens is 4. The van der Waals surface area contributed by atoms with Gasteiger partial charge in [-0.15, -0.1) is 0 Å². The van der Waals surface area contributed by atoms with Crippen LogP contribution in [0.2, 0.25) is 0 Å². The largest absolute Gasteiger partial charge is 0.378 e. The van der Waals surface area contributed by atoms with Crippen molar-refractivity contribution >= 4 is 22.9 Å². The molecule has 2 aromatic heterocycles. The maximum atomic E-state index is 11.5. The highest BCUT2D eigenvalue weighted by atomic mass is 16.5. The minimum Gasteiger partial charge on any atom is -0.378 e. The van der Waals surface area contributed by atoms with Gasteiger partial charge in [-0.05, 0) is 0 Å². The number of anilines is 1. The SMILES string of the molecule is CNC(=O)Cn1cnc2c(N3CCOCC3)ncnc21. The van der Waals surface area contributed by atoms with E-state index < -0.39 is 0 Å². The second-order valence-corrected chi connectivity index (χ2v) is 4.51. The molecule has 2 aromatic rings. The summed E-state index contributed by atoms with van der Waals surface area (Å²) >= 11 is 0. The van der Waals surface area contributed by atoms with Crippen molar-refractivity contribution in [1.29, 1.82) is 0 Å². The first-order valence-electron chi connectivity index (χ1n) is 6.48. The zero-order valence-corrected chi connectivity index (χ0v) is 11.2. The molecule has 1 aliphatic rings. The normalized spacial score (nSPS) is 15.6. The van der Waals surface area contributed by atoms with E-state index in [-0.39, 0.29) is 12.5 Å². The molecule has 8 nitrogen and oxygen atoms in total. The lowest BCUT2D eigenvalue weighted by Crippen LogP contribution is -2.37. The number of ether oxygens (including phenoxy) is 1. The number of carbonyl (C=O) groups excluding carboxylic acids is 1. The van der Waals surface area contributed by atoms with Gasteiger partial charge in [0.25, 0.3) is 0 Å². The molecule has 1 amide bonds. The molecule has 0 atom stereocenters. The summed E-state index contributed by atoms with van der Waals surface area (Å²) in [6.45, 7) is 3.14. The topological polar surface area (TPSA) is 85.2 Å². The monoisotopic (exact) mass is 276 g/mol. The van der Waals surface area contributed by atoms with Gasteiger partial charge < -0.3 is 19.5 Å². The van der Waals surface area contributed by atoms with E-state index >= 15 is 0 Å². The van der Waals surface area contributed by atoms with Crippen molar-refractivity contribution < 1.29 is 9.53 Å². The first-order chi connectivity index (χ1) is 9.79. The summed E-state index contributed by atoms with van der Waals surface area (Å²) in [6.07, 6.45) is 3.13. The smallest absolute Gasteiger partial charge is 0.239 e. The number of fused-ring (bicyclic) bond motifs is 1. The molecule has 0 aliphatic carbocycles. The fourth-order valence-electron chi connectivity index (χ4n) is 2.22. The van der Waals surface area contributed by atoms with Crippen molar-refractivity contribution in [3.05, 3.63) is 12.7 Å². The van der Waals surface area contributed by atoms with Crippen LogP contribution in [0.3, 0.4) is 0 Å². The van der Waals surface area contributed by atoms with E-state index in [4.69, 9.17) is 4.74 Å². The second kappa shape index (κ2) is 5.41. The third-order valence-electron chi connectivity index (χ3n) is 3.29. The third kappa shape index (κ3) is 2.29. The van der Waals surface area contributed by atoms with E-state index in [1.54, 1.807) is 17.9 Å². The van der Waals surface area contributed by atoms with E-state index in [1.807, 2.05) is 0 Å². The quantitative estimate of drug-likeness (QED) is 0.806. The highest BCUT2D eigenvalue weighted by molar-refractivity contribution is 5.85. The molecular weight excluding hydrogens is 260 g/mol. The number of rotatable bonds is 3. The van der Waals surface area contributed by atoms with Crippen molar-refractivity contribution in [3.8, 4) is 0 Å². The maximum Gasteiger partial charge on any atom is 0.239 e. The number of hydrogen-bond acceptors (Lipinski definition) is 6. The van der Waals surface area contributed by atoms with Gasteiger partial charge in [-0.3, -0.25) is 4.79 Å². The summed E-state index contributed by atoms with van der Waals surface area (Å²) in [5, 5.41) is 2.59. The second-order valence-electron chi connectivity index (χ2n) is 4.51. The number of nitrogens with one attached hydrogen (secondary N) is 1. The molecule has 106 valence electrons. The number of carbonyl (C=O) groups is 1.